The third kappa shape index (κ3) is 21.6. The molecule has 0 heterocycles. The fourth-order valence-corrected chi connectivity index (χ4v) is 2.86. The summed E-state index contributed by atoms with van der Waals surface area (Å²) in [6.07, 6.45) is 23.1. The van der Waals surface area contributed by atoms with Crippen LogP contribution in [0.4, 0.5) is 0 Å². The van der Waals surface area contributed by atoms with Crippen LogP contribution in [-0.4, -0.2) is 36.1 Å². The van der Waals surface area contributed by atoms with Crippen LogP contribution in [-0.2, 0) is 4.74 Å². The van der Waals surface area contributed by atoms with Gasteiger partial charge < -0.3 is 14.9 Å². The van der Waals surface area contributed by atoms with Crippen molar-refractivity contribution in [3.8, 4) is 0 Å². The molecule has 0 spiro atoms. The minimum atomic E-state index is -0.625. The minimum absolute atomic E-state index is 0.169. The van der Waals surface area contributed by atoms with E-state index in [2.05, 4.69) is 19.1 Å². The van der Waals surface area contributed by atoms with Crippen LogP contribution in [0.5, 0.6) is 0 Å². The van der Waals surface area contributed by atoms with Gasteiger partial charge in [0.2, 0.25) is 0 Å². The maximum absolute atomic E-state index is 9.17. The molecule has 0 aromatic rings. The summed E-state index contributed by atoms with van der Waals surface area (Å²) in [6, 6.07) is 0. The monoisotopic (exact) mass is 356 g/mol. The van der Waals surface area contributed by atoms with Crippen LogP contribution >= 0.6 is 0 Å². The van der Waals surface area contributed by atoms with Crippen LogP contribution in [0.25, 0.3) is 0 Å². The minimum Gasteiger partial charge on any atom is -0.394 e. The molecule has 0 aliphatic rings. The van der Waals surface area contributed by atoms with Gasteiger partial charge in [-0.15, -0.1) is 0 Å². The van der Waals surface area contributed by atoms with Gasteiger partial charge in [-0.05, 0) is 38.5 Å². The SMILES string of the molecule is CCCCCCCC/C=C\CCCCCCCCOCCC(O)CO. The van der Waals surface area contributed by atoms with E-state index in [1.807, 2.05) is 0 Å². The first-order valence-electron chi connectivity index (χ1n) is 10.8. The fourth-order valence-electron chi connectivity index (χ4n) is 2.86. The van der Waals surface area contributed by atoms with Crippen molar-refractivity contribution in [1.82, 2.24) is 0 Å². The lowest BCUT2D eigenvalue weighted by atomic mass is 10.1. The molecule has 0 fully saturated rings. The summed E-state index contributed by atoms with van der Waals surface area (Å²) in [5, 5.41) is 17.8. The standard InChI is InChI=1S/C22H44O3/c1-2-3-4-5-6-7-8-9-10-11-12-13-14-15-16-17-19-25-20-18-22(24)21-23/h9-10,22-24H,2-8,11-21H2,1H3/b10-9-. The highest BCUT2D eigenvalue weighted by atomic mass is 16.5. The zero-order chi connectivity index (χ0) is 18.4. The summed E-state index contributed by atoms with van der Waals surface area (Å²) >= 11 is 0. The first kappa shape index (κ1) is 24.6. The summed E-state index contributed by atoms with van der Waals surface area (Å²) in [5.41, 5.74) is 0. The number of rotatable bonds is 20. The molecular weight excluding hydrogens is 312 g/mol. The van der Waals surface area contributed by atoms with Gasteiger partial charge in [0, 0.05) is 13.2 Å². The van der Waals surface area contributed by atoms with Gasteiger partial charge in [-0.25, -0.2) is 0 Å². The number of hydrogen-bond acceptors (Lipinski definition) is 3. The zero-order valence-electron chi connectivity index (χ0n) is 16.8. The molecule has 0 radical (unpaired) electrons. The molecule has 150 valence electrons. The first-order valence-corrected chi connectivity index (χ1v) is 10.8. The van der Waals surface area contributed by atoms with Crippen molar-refractivity contribution >= 4 is 0 Å². The predicted molar refractivity (Wildman–Crippen MR) is 108 cm³/mol. The van der Waals surface area contributed by atoms with E-state index < -0.39 is 6.10 Å². The smallest absolute Gasteiger partial charge is 0.0792 e. The van der Waals surface area contributed by atoms with Crippen molar-refractivity contribution in [3.05, 3.63) is 12.2 Å². The van der Waals surface area contributed by atoms with Crippen molar-refractivity contribution in [2.75, 3.05) is 19.8 Å². The van der Waals surface area contributed by atoms with Crippen molar-refractivity contribution in [1.29, 1.82) is 0 Å². The second-order valence-electron chi connectivity index (χ2n) is 7.18. The Morgan fingerprint density at radius 3 is 1.80 bits per heavy atom. The van der Waals surface area contributed by atoms with Crippen LogP contribution in [0, 0.1) is 0 Å². The molecule has 2 N–H and O–H groups in total. The third-order valence-electron chi connectivity index (χ3n) is 4.61. The highest BCUT2D eigenvalue weighted by Crippen LogP contribution is 2.10. The second kappa shape index (κ2) is 21.7. The number of aliphatic hydroxyl groups is 2. The Balaban J connectivity index is 3.07. The Labute approximate surface area is 156 Å². The summed E-state index contributed by atoms with van der Waals surface area (Å²) in [6.45, 7) is 3.43. The Kier molecular flexibility index (Phi) is 21.3. The summed E-state index contributed by atoms with van der Waals surface area (Å²) in [5.74, 6) is 0. The summed E-state index contributed by atoms with van der Waals surface area (Å²) in [7, 11) is 0. The van der Waals surface area contributed by atoms with Gasteiger partial charge in [0.15, 0.2) is 0 Å². The average Bonchev–Trinajstić information content (AvgIpc) is 2.63. The van der Waals surface area contributed by atoms with Gasteiger partial charge in [0.1, 0.15) is 0 Å². The molecule has 0 aliphatic carbocycles. The molecule has 0 saturated carbocycles. The molecule has 0 aromatic carbocycles. The molecule has 0 amide bonds. The van der Waals surface area contributed by atoms with E-state index in [4.69, 9.17) is 14.9 Å². The summed E-state index contributed by atoms with van der Waals surface area (Å²) < 4.78 is 5.45. The molecule has 0 aromatic heterocycles. The highest BCUT2D eigenvalue weighted by molar-refractivity contribution is 4.81. The van der Waals surface area contributed by atoms with Gasteiger partial charge in [-0.3, -0.25) is 0 Å². The lowest BCUT2D eigenvalue weighted by molar-refractivity contribution is 0.0475. The van der Waals surface area contributed by atoms with Crippen molar-refractivity contribution < 1.29 is 14.9 Å². The van der Waals surface area contributed by atoms with Crippen LogP contribution in [0.3, 0.4) is 0 Å². The molecule has 0 saturated heterocycles. The quantitative estimate of drug-likeness (QED) is 0.215. The van der Waals surface area contributed by atoms with E-state index in [0.29, 0.717) is 13.0 Å². The molecule has 0 rings (SSSR count). The Morgan fingerprint density at radius 2 is 1.24 bits per heavy atom. The van der Waals surface area contributed by atoms with E-state index in [1.165, 1.54) is 83.5 Å². The first-order chi connectivity index (χ1) is 12.3. The van der Waals surface area contributed by atoms with E-state index in [-0.39, 0.29) is 6.61 Å². The molecule has 0 aliphatic heterocycles. The molecule has 1 atom stereocenters. The van der Waals surface area contributed by atoms with Crippen molar-refractivity contribution in [2.24, 2.45) is 0 Å². The third-order valence-corrected chi connectivity index (χ3v) is 4.61. The zero-order valence-corrected chi connectivity index (χ0v) is 16.8. The topological polar surface area (TPSA) is 49.7 Å². The van der Waals surface area contributed by atoms with E-state index in [1.54, 1.807) is 0 Å². The number of allylic oxidation sites excluding steroid dienone is 2. The van der Waals surface area contributed by atoms with Gasteiger partial charge in [-0.2, -0.15) is 0 Å². The summed E-state index contributed by atoms with van der Waals surface area (Å²) in [4.78, 5) is 0. The van der Waals surface area contributed by atoms with Gasteiger partial charge in [-0.1, -0.05) is 76.9 Å². The van der Waals surface area contributed by atoms with E-state index >= 15 is 0 Å². The predicted octanol–water partition coefficient (Wildman–Crippen LogP) is 5.78. The van der Waals surface area contributed by atoms with Crippen molar-refractivity contribution in [2.45, 2.75) is 109 Å². The number of aliphatic hydroxyl groups excluding tert-OH is 2. The van der Waals surface area contributed by atoms with Gasteiger partial charge in [0.25, 0.3) is 0 Å². The molecular formula is C22H44O3. The Bertz CT molecular complexity index is 266. The highest BCUT2D eigenvalue weighted by Gasteiger charge is 2.00. The normalized spacial score (nSPS) is 12.9. The van der Waals surface area contributed by atoms with E-state index in [0.717, 1.165) is 13.0 Å². The molecule has 3 nitrogen and oxygen atoms in total. The number of unbranched alkanes of at least 4 members (excludes halogenated alkanes) is 12. The molecule has 3 heteroatoms. The molecule has 25 heavy (non-hydrogen) atoms. The fraction of sp³-hybridized carbons (Fsp3) is 0.909. The Morgan fingerprint density at radius 1 is 0.720 bits per heavy atom. The van der Waals surface area contributed by atoms with Crippen LogP contribution in [0.1, 0.15) is 103 Å². The molecule has 1 unspecified atom stereocenters. The average molecular weight is 357 g/mol. The number of hydrogen-bond donors (Lipinski definition) is 2. The lowest BCUT2D eigenvalue weighted by Crippen LogP contribution is -2.14. The second-order valence-corrected chi connectivity index (χ2v) is 7.18. The van der Waals surface area contributed by atoms with Crippen LogP contribution in [0.15, 0.2) is 12.2 Å². The van der Waals surface area contributed by atoms with E-state index in [9.17, 15) is 0 Å². The van der Waals surface area contributed by atoms with Crippen LogP contribution in [0.2, 0.25) is 0 Å². The number of ether oxygens (including phenoxy) is 1. The largest absolute Gasteiger partial charge is 0.394 e. The Hall–Kier alpha value is -0.380. The van der Waals surface area contributed by atoms with Crippen LogP contribution < -0.4 is 0 Å². The maximum Gasteiger partial charge on any atom is 0.0792 e. The van der Waals surface area contributed by atoms with Gasteiger partial charge in [0.05, 0.1) is 12.7 Å². The molecule has 0 bridgehead atoms. The van der Waals surface area contributed by atoms with Gasteiger partial charge >= 0.3 is 0 Å². The maximum atomic E-state index is 9.17. The lowest BCUT2D eigenvalue weighted by Gasteiger charge is -2.07. The van der Waals surface area contributed by atoms with Crippen molar-refractivity contribution in [3.63, 3.8) is 0 Å².